The van der Waals surface area contributed by atoms with E-state index in [0.717, 1.165) is 17.4 Å². The van der Waals surface area contributed by atoms with Gasteiger partial charge in [-0.3, -0.25) is 4.79 Å². The Hall–Kier alpha value is -3.77. The molecular weight excluding hydrogens is 394 g/mol. The second-order valence-electron chi connectivity index (χ2n) is 7.97. The van der Waals surface area contributed by atoms with Gasteiger partial charge in [0, 0.05) is 29.9 Å². The minimum absolute atomic E-state index is 0.000701. The van der Waals surface area contributed by atoms with Crippen LogP contribution in [0.1, 0.15) is 53.1 Å². The summed E-state index contributed by atoms with van der Waals surface area (Å²) < 4.78 is 0. The lowest BCUT2D eigenvalue weighted by molar-refractivity contribution is -0.108. The normalized spacial score (nSPS) is 14.1. The zero-order chi connectivity index (χ0) is 22.8. The molecule has 3 aromatic carbocycles. The van der Waals surface area contributed by atoms with Crippen molar-refractivity contribution in [1.82, 2.24) is 0 Å². The molecule has 3 heteroatoms. The number of carbonyl (C=O) groups excluding carboxylic acids is 2. The minimum atomic E-state index is -0.344. The second kappa shape index (κ2) is 11.6. The first-order chi connectivity index (χ1) is 15.6. The van der Waals surface area contributed by atoms with Crippen molar-refractivity contribution in [3.8, 4) is 6.07 Å². The van der Waals surface area contributed by atoms with E-state index in [4.69, 9.17) is 0 Å². The lowest BCUT2D eigenvalue weighted by Crippen LogP contribution is -2.13. The number of allylic oxidation sites excluding steroid dienone is 2. The van der Waals surface area contributed by atoms with Gasteiger partial charge < -0.3 is 4.79 Å². The summed E-state index contributed by atoms with van der Waals surface area (Å²) in [4.78, 5) is 24.4. The molecule has 0 amide bonds. The van der Waals surface area contributed by atoms with Gasteiger partial charge in [-0.15, -0.1) is 0 Å². The van der Waals surface area contributed by atoms with Crippen LogP contribution < -0.4 is 0 Å². The van der Waals surface area contributed by atoms with E-state index in [1.165, 1.54) is 0 Å². The highest BCUT2D eigenvalue weighted by atomic mass is 16.1. The number of nitrogens with zero attached hydrogens (tertiary/aromatic N) is 1. The molecule has 0 N–H and O–H groups in total. The van der Waals surface area contributed by atoms with Crippen LogP contribution in [-0.4, -0.2) is 12.1 Å². The minimum Gasteiger partial charge on any atom is -0.303 e. The summed E-state index contributed by atoms with van der Waals surface area (Å²) in [5.74, 6) is -0.418. The Morgan fingerprint density at radius 2 is 1.41 bits per heavy atom. The molecule has 3 rings (SSSR count). The fourth-order valence-corrected chi connectivity index (χ4v) is 4.11. The fourth-order valence-electron chi connectivity index (χ4n) is 4.11. The zero-order valence-corrected chi connectivity index (χ0v) is 18.2. The molecular formula is C29H27NO2. The molecule has 3 unspecified atom stereocenters. The molecule has 160 valence electrons. The maximum atomic E-state index is 13.0. The van der Waals surface area contributed by atoms with E-state index in [0.29, 0.717) is 17.6 Å². The first-order valence-corrected chi connectivity index (χ1v) is 10.9. The van der Waals surface area contributed by atoms with Gasteiger partial charge in [-0.05, 0) is 23.0 Å². The third kappa shape index (κ3) is 5.89. The summed E-state index contributed by atoms with van der Waals surface area (Å²) in [6, 6.07) is 31.1. The first kappa shape index (κ1) is 22.9. The molecule has 0 spiro atoms. The van der Waals surface area contributed by atoms with Crippen LogP contribution in [0.4, 0.5) is 0 Å². The zero-order valence-electron chi connectivity index (χ0n) is 18.2. The van der Waals surface area contributed by atoms with E-state index in [1.54, 1.807) is 12.1 Å². The van der Waals surface area contributed by atoms with Gasteiger partial charge in [-0.2, -0.15) is 5.26 Å². The largest absolute Gasteiger partial charge is 0.303 e. The molecule has 0 saturated carbocycles. The molecule has 0 bridgehead atoms. The molecule has 3 aromatic rings. The van der Waals surface area contributed by atoms with Gasteiger partial charge >= 0.3 is 0 Å². The van der Waals surface area contributed by atoms with Crippen LogP contribution in [0, 0.1) is 17.2 Å². The lowest BCUT2D eigenvalue weighted by Gasteiger charge is -2.23. The average molecular weight is 422 g/mol. The highest BCUT2D eigenvalue weighted by Crippen LogP contribution is 2.34. The van der Waals surface area contributed by atoms with E-state index in [2.05, 4.69) is 6.07 Å². The number of carbonyl (C=O) groups is 2. The second-order valence-corrected chi connectivity index (χ2v) is 7.97. The summed E-state index contributed by atoms with van der Waals surface area (Å²) in [6.45, 7) is 2.03. The fraction of sp³-hybridized carbons (Fsp3) is 0.207. The SMILES string of the molecule is CC(/C=C(/C#N)C(CC(=O)c1ccccc1)c1ccccc1)C(CC=O)c1ccccc1. The number of benzene rings is 3. The van der Waals surface area contributed by atoms with E-state index >= 15 is 0 Å². The Labute approximate surface area is 190 Å². The molecule has 0 aliphatic rings. The smallest absolute Gasteiger partial charge is 0.163 e. The van der Waals surface area contributed by atoms with Crippen molar-refractivity contribution in [3.05, 3.63) is 119 Å². The highest BCUT2D eigenvalue weighted by Gasteiger charge is 2.24. The van der Waals surface area contributed by atoms with Crippen molar-refractivity contribution in [1.29, 1.82) is 5.26 Å². The van der Waals surface area contributed by atoms with Gasteiger partial charge in [0.15, 0.2) is 5.78 Å². The van der Waals surface area contributed by atoms with E-state index in [-0.39, 0.29) is 30.0 Å². The van der Waals surface area contributed by atoms with Gasteiger partial charge in [0.25, 0.3) is 0 Å². The van der Waals surface area contributed by atoms with E-state index in [9.17, 15) is 14.9 Å². The number of nitriles is 1. The quantitative estimate of drug-likeness (QED) is 0.213. The van der Waals surface area contributed by atoms with Crippen molar-refractivity contribution in [2.75, 3.05) is 0 Å². The van der Waals surface area contributed by atoms with Crippen LogP contribution in [0.2, 0.25) is 0 Å². The molecule has 0 fully saturated rings. The monoisotopic (exact) mass is 421 g/mol. The molecule has 0 aliphatic heterocycles. The number of hydrogen-bond acceptors (Lipinski definition) is 3. The van der Waals surface area contributed by atoms with Gasteiger partial charge in [-0.25, -0.2) is 0 Å². The average Bonchev–Trinajstić information content (AvgIpc) is 2.86. The number of hydrogen-bond donors (Lipinski definition) is 0. The first-order valence-electron chi connectivity index (χ1n) is 10.9. The maximum absolute atomic E-state index is 13.0. The summed E-state index contributed by atoms with van der Waals surface area (Å²) in [7, 11) is 0. The Morgan fingerprint density at radius 3 is 1.94 bits per heavy atom. The number of Topliss-reactive ketones (excluding diaryl/α,β-unsaturated/α-hetero) is 1. The van der Waals surface area contributed by atoms with Crippen molar-refractivity contribution in [2.24, 2.45) is 5.92 Å². The number of ketones is 1. The van der Waals surface area contributed by atoms with Crippen molar-refractivity contribution in [2.45, 2.75) is 31.6 Å². The summed E-state index contributed by atoms with van der Waals surface area (Å²) in [5.41, 5.74) is 3.20. The number of aldehydes is 1. The highest BCUT2D eigenvalue weighted by molar-refractivity contribution is 5.96. The third-order valence-electron chi connectivity index (χ3n) is 5.85. The van der Waals surface area contributed by atoms with Gasteiger partial charge in [-0.1, -0.05) is 104 Å². The molecule has 0 aliphatic carbocycles. The van der Waals surface area contributed by atoms with E-state index < -0.39 is 0 Å². The Kier molecular flexibility index (Phi) is 8.29. The Bertz CT molecular complexity index is 1080. The van der Waals surface area contributed by atoms with Gasteiger partial charge in [0.2, 0.25) is 0 Å². The van der Waals surface area contributed by atoms with E-state index in [1.807, 2.05) is 91.9 Å². The predicted octanol–water partition coefficient (Wildman–Crippen LogP) is 6.50. The third-order valence-corrected chi connectivity index (χ3v) is 5.85. The lowest BCUT2D eigenvalue weighted by atomic mass is 9.80. The topological polar surface area (TPSA) is 57.9 Å². The van der Waals surface area contributed by atoms with Crippen molar-refractivity contribution < 1.29 is 9.59 Å². The number of rotatable bonds is 10. The Morgan fingerprint density at radius 1 is 0.875 bits per heavy atom. The van der Waals surface area contributed by atoms with Crippen LogP contribution in [0.25, 0.3) is 0 Å². The van der Waals surface area contributed by atoms with Crippen LogP contribution in [0.5, 0.6) is 0 Å². The summed E-state index contributed by atoms with van der Waals surface area (Å²) in [5, 5.41) is 10.1. The van der Waals surface area contributed by atoms with Crippen LogP contribution in [0.3, 0.4) is 0 Å². The Balaban J connectivity index is 1.95. The summed E-state index contributed by atoms with van der Waals surface area (Å²) >= 11 is 0. The van der Waals surface area contributed by atoms with Crippen molar-refractivity contribution >= 4 is 12.1 Å². The van der Waals surface area contributed by atoms with Gasteiger partial charge in [0.05, 0.1) is 6.07 Å². The van der Waals surface area contributed by atoms with Crippen LogP contribution >= 0.6 is 0 Å². The molecule has 0 radical (unpaired) electrons. The summed E-state index contributed by atoms with van der Waals surface area (Å²) in [6.07, 6.45) is 3.46. The predicted molar refractivity (Wildman–Crippen MR) is 127 cm³/mol. The molecule has 0 heterocycles. The van der Waals surface area contributed by atoms with Gasteiger partial charge in [0.1, 0.15) is 6.29 Å². The molecule has 0 saturated heterocycles. The molecule has 0 aromatic heterocycles. The maximum Gasteiger partial charge on any atom is 0.163 e. The molecule has 32 heavy (non-hydrogen) atoms. The van der Waals surface area contributed by atoms with Crippen LogP contribution in [-0.2, 0) is 4.79 Å². The van der Waals surface area contributed by atoms with Crippen molar-refractivity contribution in [3.63, 3.8) is 0 Å². The van der Waals surface area contributed by atoms with Crippen LogP contribution in [0.15, 0.2) is 103 Å². The molecule has 3 atom stereocenters. The standard InChI is InChI=1S/C29H27NO2/c1-22(27(17-18-31)23-11-5-2-6-12-23)19-26(21-30)28(24-13-7-3-8-14-24)20-29(32)25-15-9-4-10-16-25/h2-16,18-19,22,27-28H,17,20H2,1H3/b26-19-. The molecule has 3 nitrogen and oxygen atoms in total.